The molecule has 3 rings (SSSR count). The third-order valence-corrected chi connectivity index (χ3v) is 3.52. The van der Waals surface area contributed by atoms with Gasteiger partial charge in [0.2, 0.25) is 0 Å². The molecule has 4 heteroatoms. The number of pyridine rings is 1. The second kappa shape index (κ2) is 4.37. The Morgan fingerprint density at radius 3 is 3.29 bits per heavy atom. The Labute approximate surface area is 101 Å². The molecule has 2 aromatic rings. The lowest BCUT2D eigenvalue weighted by Gasteiger charge is -2.37. The highest BCUT2D eigenvalue weighted by atomic mass is 15.3. The summed E-state index contributed by atoms with van der Waals surface area (Å²) in [6.45, 7) is 5.44. The maximum atomic E-state index is 4.35. The Morgan fingerprint density at radius 1 is 1.47 bits per heavy atom. The lowest BCUT2D eigenvalue weighted by atomic mass is 10.1. The van der Waals surface area contributed by atoms with Crippen LogP contribution in [0.3, 0.4) is 0 Å². The molecule has 1 aliphatic rings. The van der Waals surface area contributed by atoms with Crippen molar-refractivity contribution < 1.29 is 0 Å². The quantitative estimate of drug-likeness (QED) is 0.849. The maximum absolute atomic E-state index is 4.35. The molecule has 0 saturated carbocycles. The van der Waals surface area contributed by atoms with Crippen LogP contribution in [0.1, 0.15) is 13.3 Å². The first kappa shape index (κ1) is 10.6. The Bertz CT molecular complexity index is 505. The Balaban J connectivity index is 2.04. The average Bonchev–Trinajstić information content (AvgIpc) is 2.86. The average molecular weight is 230 g/mol. The van der Waals surface area contributed by atoms with Crippen LogP contribution >= 0.6 is 0 Å². The highest BCUT2D eigenvalue weighted by molar-refractivity contribution is 5.52. The van der Waals surface area contributed by atoms with Gasteiger partial charge in [-0.25, -0.2) is 4.98 Å². The zero-order valence-electron chi connectivity index (χ0n) is 10.1. The third-order valence-electron chi connectivity index (χ3n) is 3.52. The highest BCUT2D eigenvalue weighted by Crippen LogP contribution is 2.21. The number of piperazine rings is 1. The smallest absolute Gasteiger partial charge is 0.138 e. The molecule has 0 aromatic carbocycles. The summed E-state index contributed by atoms with van der Waals surface area (Å²) in [7, 11) is 0. The molecule has 0 aliphatic carbocycles. The van der Waals surface area contributed by atoms with Crippen LogP contribution in [-0.2, 0) is 0 Å². The molecule has 0 spiro atoms. The van der Waals surface area contributed by atoms with E-state index in [1.165, 1.54) is 5.82 Å². The van der Waals surface area contributed by atoms with Crippen molar-refractivity contribution in [1.82, 2.24) is 14.7 Å². The first-order chi connectivity index (χ1) is 8.40. The van der Waals surface area contributed by atoms with Crippen LogP contribution in [0.25, 0.3) is 5.65 Å². The first-order valence-electron chi connectivity index (χ1n) is 6.29. The van der Waals surface area contributed by atoms with Crippen molar-refractivity contribution in [3.8, 4) is 0 Å². The molecule has 1 fully saturated rings. The van der Waals surface area contributed by atoms with E-state index in [2.05, 4.69) is 38.7 Å². The van der Waals surface area contributed by atoms with E-state index in [9.17, 15) is 0 Å². The van der Waals surface area contributed by atoms with E-state index in [1.54, 1.807) is 0 Å². The predicted molar refractivity (Wildman–Crippen MR) is 69.5 cm³/mol. The highest BCUT2D eigenvalue weighted by Gasteiger charge is 2.22. The molecule has 4 nitrogen and oxygen atoms in total. The maximum Gasteiger partial charge on any atom is 0.138 e. The van der Waals surface area contributed by atoms with E-state index < -0.39 is 0 Å². The number of aromatic nitrogens is 2. The van der Waals surface area contributed by atoms with Gasteiger partial charge in [-0.2, -0.15) is 0 Å². The van der Waals surface area contributed by atoms with Crippen LogP contribution < -0.4 is 10.2 Å². The number of rotatable bonds is 2. The molecular weight excluding hydrogens is 212 g/mol. The molecule has 1 saturated heterocycles. The third kappa shape index (κ3) is 1.78. The van der Waals surface area contributed by atoms with E-state index in [1.807, 2.05) is 18.5 Å². The van der Waals surface area contributed by atoms with E-state index in [0.29, 0.717) is 6.04 Å². The largest absolute Gasteiger partial charge is 0.352 e. The fourth-order valence-electron chi connectivity index (χ4n) is 2.59. The SMILES string of the molecule is CCC1CNCCN1c1cccc2nccn12. The van der Waals surface area contributed by atoms with Gasteiger partial charge < -0.3 is 10.2 Å². The van der Waals surface area contributed by atoms with E-state index >= 15 is 0 Å². The zero-order valence-corrected chi connectivity index (χ0v) is 10.1. The molecule has 1 unspecified atom stereocenters. The molecule has 0 amide bonds. The summed E-state index contributed by atoms with van der Waals surface area (Å²) >= 11 is 0. The fraction of sp³-hybridized carbons (Fsp3) is 0.462. The van der Waals surface area contributed by atoms with Crippen LogP contribution in [0.4, 0.5) is 5.82 Å². The van der Waals surface area contributed by atoms with Gasteiger partial charge in [-0.3, -0.25) is 4.40 Å². The lowest BCUT2D eigenvalue weighted by Crippen LogP contribution is -2.51. The second-order valence-corrected chi connectivity index (χ2v) is 4.50. The Hall–Kier alpha value is -1.55. The number of hydrogen-bond donors (Lipinski definition) is 1. The van der Waals surface area contributed by atoms with E-state index in [4.69, 9.17) is 0 Å². The summed E-state index contributed by atoms with van der Waals surface area (Å²) in [6, 6.07) is 6.90. The van der Waals surface area contributed by atoms with Gasteiger partial charge in [-0.15, -0.1) is 0 Å². The van der Waals surface area contributed by atoms with Gasteiger partial charge >= 0.3 is 0 Å². The van der Waals surface area contributed by atoms with Gasteiger partial charge in [0.1, 0.15) is 11.5 Å². The summed E-state index contributed by atoms with van der Waals surface area (Å²) in [4.78, 5) is 6.84. The summed E-state index contributed by atoms with van der Waals surface area (Å²) in [5, 5.41) is 3.46. The standard InChI is InChI=1S/C13H18N4/c1-2-11-10-14-6-8-16(11)13-5-3-4-12-15-7-9-17(12)13/h3-5,7,9,11,14H,2,6,8,10H2,1H3. The molecule has 1 N–H and O–H groups in total. The number of nitrogens with one attached hydrogen (secondary N) is 1. The zero-order chi connectivity index (χ0) is 11.7. The molecule has 0 radical (unpaired) electrons. The van der Waals surface area contributed by atoms with Crippen LogP contribution in [0.2, 0.25) is 0 Å². The first-order valence-corrected chi connectivity index (χ1v) is 6.29. The Morgan fingerprint density at radius 2 is 2.41 bits per heavy atom. The number of hydrogen-bond acceptors (Lipinski definition) is 3. The van der Waals surface area contributed by atoms with Crippen LogP contribution in [0.5, 0.6) is 0 Å². The van der Waals surface area contributed by atoms with Crippen molar-refractivity contribution in [2.75, 3.05) is 24.5 Å². The summed E-state index contributed by atoms with van der Waals surface area (Å²) in [5.41, 5.74) is 1.02. The molecule has 17 heavy (non-hydrogen) atoms. The Kier molecular flexibility index (Phi) is 2.73. The number of fused-ring (bicyclic) bond motifs is 1. The molecule has 0 bridgehead atoms. The van der Waals surface area contributed by atoms with Crippen molar-refractivity contribution in [2.24, 2.45) is 0 Å². The molecule has 90 valence electrons. The van der Waals surface area contributed by atoms with Crippen LogP contribution in [0, 0.1) is 0 Å². The summed E-state index contributed by atoms with van der Waals surface area (Å²) < 4.78 is 2.17. The van der Waals surface area contributed by atoms with Crippen molar-refractivity contribution >= 4 is 11.5 Å². The van der Waals surface area contributed by atoms with Gasteiger partial charge in [0.05, 0.1) is 0 Å². The van der Waals surface area contributed by atoms with Crippen molar-refractivity contribution in [3.63, 3.8) is 0 Å². The minimum atomic E-state index is 0.580. The van der Waals surface area contributed by atoms with Crippen LogP contribution in [-0.4, -0.2) is 35.1 Å². The minimum Gasteiger partial charge on any atom is -0.352 e. The minimum absolute atomic E-state index is 0.580. The van der Waals surface area contributed by atoms with Crippen LogP contribution in [0.15, 0.2) is 30.6 Å². The van der Waals surface area contributed by atoms with E-state index in [-0.39, 0.29) is 0 Å². The van der Waals surface area contributed by atoms with Gasteiger partial charge in [-0.05, 0) is 18.6 Å². The predicted octanol–water partition coefficient (Wildman–Crippen LogP) is 1.52. The number of anilines is 1. The molecule has 1 aliphatic heterocycles. The molecule has 3 heterocycles. The molecule has 2 aromatic heterocycles. The van der Waals surface area contributed by atoms with E-state index in [0.717, 1.165) is 31.7 Å². The van der Waals surface area contributed by atoms with Gasteiger partial charge in [0, 0.05) is 38.1 Å². The summed E-state index contributed by atoms with van der Waals surface area (Å²) in [5.74, 6) is 1.26. The van der Waals surface area contributed by atoms with Gasteiger partial charge in [-0.1, -0.05) is 13.0 Å². The molecule has 1 atom stereocenters. The fourth-order valence-corrected chi connectivity index (χ4v) is 2.59. The monoisotopic (exact) mass is 230 g/mol. The second-order valence-electron chi connectivity index (χ2n) is 4.50. The number of nitrogens with zero attached hydrogens (tertiary/aromatic N) is 3. The lowest BCUT2D eigenvalue weighted by molar-refractivity contribution is 0.462. The van der Waals surface area contributed by atoms with Gasteiger partial charge in [0.15, 0.2) is 0 Å². The normalized spacial score (nSPS) is 21.0. The summed E-state index contributed by atoms with van der Waals surface area (Å²) in [6.07, 6.45) is 5.07. The van der Waals surface area contributed by atoms with Crippen molar-refractivity contribution in [2.45, 2.75) is 19.4 Å². The number of imidazole rings is 1. The van der Waals surface area contributed by atoms with Gasteiger partial charge in [0.25, 0.3) is 0 Å². The van der Waals surface area contributed by atoms with Crippen molar-refractivity contribution in [1.29, 1.82) is 0 Å². The molecular formula is C13H18N4. The topological polar surface area (TPSA) is 32.6 Å². The van der Waals surface area contributed by atoms with Crippen molar-refractivity contribution in [3.05, 3.63) is 30.6 Å².